The molecule has 0 aliphatic rings. The first-order valence-corrected chi connectivity index (χ1v) is 4.63. The number of rotatable bonds is 2. The molecule has 14 heavy (non-hydrogen) atoms. The fourth-order valence-electron chi connectivity index (χ4n) is 1.45. The van der Waals surface area contributed by atoms with E-state index in [4.69, 9.17) is 5.73 Å². The van der Waals surface area contributed by atoms with Crippen LogP contribution in [0.15, 0.2) is 42.7 Å². The van der Waals surface area contributed by atoms with Crippen LogP contribution in [-0.4, -0.2) is 9.55 Å². The topological polar surface area (TPSA) is 43.8 Å². The molecule has 2 rings (SSSR count). The van der Waals surface area contributed by atoms with Gasteiger partial charge in [-0.2, -0.15) is 0 Å². The number of benzene rings is 1. The zero-order valence-electron chi connectivity index (χ0n) is 8.09. The van der Waals surface area contributed by atoms with Crippen molar-refractivity contribution in [3.8, 4) is 11.4 Å². The Labute approximate surface area is 83.2 Å². The van der Waals surface area contributed by atoms with E-state index < -0.39 is 0 Å². The number of imidazole rings is 1. The maximum atomic E-state index is 5.82. The van der Waals surface area contributed by atoms with Crippen LogP contribution in [0.4, 0.5) is 0 Å². The fourth-order valence-corrected chi connectivity index (χ4v) is 1.45. The summed E-state index contributed by atoms with van der Waals surface area (Å²) in [4.78, 5) is 4.29. The van der Waals surface area contributed by atoms with Gasteiger partial charge in [-0.15, -0.1) is 0 Å². The largest absolute Gasteiger partial charge is 0.315 e. The van der Waals surface area contributed by atoms with E-state index in [9.17, 15) is 0 Å². The smallest absolute Gasteiger partial charge is 0.141 e. The van der Waals surface area contributed by atoms with E-state index in [-0.39, 0.29) is 6.17 Å². The van der Waals surface area contributed by atoms with Crippen LogP contribution in [-0.2, 0) is 0 Å². The number of nitrogens with two attached hydrogens (primary N) is 1. The fraction of sp³-hybridized carbons (Fsp3) is 0.182. The molecule has 1 unspecified atom stereocenters. The Morgan fingerprint density at radius 1 is 1.29 bits per heavy atom. The summed E-state index contributed by atoms with van der Waals surface area (Å²) in [6.07, 6.45) is 3.62. The molecule has 0 saturated heterocycles. The maximum Gasteiger partial charge on any atom is 0.141 e. The van der Waals surface area contributed by atoms with Crippen LogP contribution in [0.2, 0.25) is 0 Å². The molecule has 0 radical (unpaired) electrons. The second-order valence-electron chi connectivity index (χ2n) is 3.26. The molecule has 1 heterocycles. The van der Waals surface area contributed by atoms with E-state index in [2.05, 4.69) is 4.98 Å². The minimum atomic E-state index is -0.0484. The van der Waals surface area contributed by atoms with Crippen molar-refractivity contribution in [2.24, 2.45) is 5.73 Å². The van der Waals surface area contributed by atoms with Crippen molar-refractivity contribution >= 4 is 0 Å². The van der Waals surface area contributed by atoms with E-state index in [0.717, 1.165) is 11.4 Å². The minimum absolute atomic E-state index is 0.0484. The quantitative estimate of drug-likeness (QED) is 0.781. The molecule has 3 nitrogen and oxygen atoms in total. The third-order valence-electron chi connectivity index (χ3n) is 2.14. The molecule has 1 aromatic heterocycles. The van der Waals surface area contributed by atoms with Gasteiger partial charge in [-0.1, -0.05) is 30.3 Å². The van der Waals surface area contributed by atoms with Crippen molar-refractivity contribution in [3.63, 3.8) is 0 Å². The van der Waals surface area contributed by atoms with Crippen LogP contribution in [0.5, 0.6) is 0 Å². The standard InChI is InChI=1S/C11H13N3/c1-9(12)14-8-7-13-11(14)10-5-3-2-4-6-10/h2-9H,12H2,1H3. The lowest BCUT2D eigenvalue weighted by atomic mass is 10.2. The molecular formula is C11H13N3. The van der Waals surface area contributed by atoms with Crippen molar-refractivity contribution in [3.05, 3.63) is 42.7 Å². The lowest BCUT2D eigenvalue weighted by molar-refractivity contribution is 0.577. The Hall–Kier alpha value is -1.61. The van der Waals surface area contributed by atoms with E-state index in [1.54, 1.807) is 6.20 Å². The van der Waals surface area contributed by atoms with Gasteiger partial charge in [-0.3, -0.25) is 0 Å². The summed E-state index contributed by atoms with van der Waals surface area (Å²) in [5.41, 5.74) is 6.91. The Balaban J connectivity index is 2.47. The molecule has 0 aliphatic heterocycles. The van der Waals surface area contributed by atoms with Crippen molar-refractivity contribution in [2.45, 2.75) is 13.1 Å². The molecule has 0 spiro atoms. The Bertz CT molecular complexity index is 403. The van der Waals surface area contributed by atoms with E-state index in [0.29, 0.717) is 0 Å². The predicted molar refractivity (Wildman–Crippen MR) is 56.6 cm³/mol. The Morgan fingerprint density at radius 2 is 2.00 bits per heavy atom. The van der Waals surface area contributed by atoms with Crippen molar-refractivity contribution < 1.29 is 0 Å². The molecule has 0 fully saturated rings. The molecule has 2 N–H and O–H groups in total. The summed E-state index contributed by atoms with van der Waals surface area (Å²) >= 11 is 0. The summed E-state index contributed by atoms with van der Waals surface area (Å²) in [6, 6.07) is 10.0. The van der Waals surface area contributed by atoms with Crippen molar-refractivity contribution in [2.75, 3.05) is 0 Å². The monoisotopic (exact) mass is 187 g/mol. The van der Waals surface area contributed by atoms with Crippen LogP contribution in [0.1, 0.15) is 13.1 Å². The number of hydrogen-bond acceptors (Lipinski definition) is 2. The van der Waals surface area contributed by atoms with Gasteiger partial charge >= 0.3 is 0 Å². The summed E-state index contributed by atoms with van der Waals surface area (Å²) in [5.74, 6) is 0.917. The zero-order chi connectivity index (χ0) is 9.97. The lowest BCUT2D eigenvalue weighted by Gasteiger charge is -2.10. The highest BCUT2D eigenvalue weighted by molar-refractivity contribution is 5.55. The second-order valence-corrected chi connectivity index (χ2v) is 3.26. The average Bonchev–Trinajstić information content (AvgIpc) is 2.67. The van der Waals surface area contributed by atoms with Crippen molar-refractivity contribution in [1.29, 1.82) is 0 Å². The van der Waals surface area contributed by atoms with Gasteiger partial charge < -0.3 is 10.3 Å². The zero-order valence-corrected chi connectivity index (χ0v) is 8.09. The molecular weight excluding hydrogens is 174 g/mol. The molecule has 0 bridgehead atoms. The highest BCUT2D eigenvalue weighted by atomic mass is 15.1. The summed E-state index contributed by atoms with van der Waals surface area (Å²) in [7, 11) is 0. The van der Waals surface area contributed by atoms with Gasteiger partial charge in [0.15, 0.2) is 0 Å². The molecule has 72 valence electrons. The number of nitrogens with zero attached hydrogens (tertiary/aromatic N) is 2. The minimum Gasteiger partial charge on any atom is -0.315 e. The third kappa shape index (κ3) is 1.54. The van der Waals surface area contributed by atoms with Gasteiger partial charge in [-0.05, 0) is 6.92 Å². The van der Waals surface area contributed by atoms with Gasteiger partial charge in [0.1, 0.15) is 5.82 Å². The van der Waals surface area contributed by atoms with Crippen LogP contribution >= 0.6 is 0 Å². The molecule has 0 saturated carbocycles. The van der Waals surface area contributed by atoms with Crippen LogP contribution in [0, 0.1) is 0 Å². The predicted octanol–water partition coefficient (Wildman–Crippen LogP) is 2.03. The summed E-state index contributed by atoms with van der Waals surface area (Å²) < 4.78 is 1.95. The molecule has 0 aliphatic carbocycles. The second kappa shape index (κ2) is 3.64. The first-order chi connectivity index (χ1) is 6.79. The van der Waals surface area contributed by atoms with Crippen LogP contribution in [0.3, 0.4) is 0 Å². The Kier molecular flexibility index (Phi) is 2.33. The molecule has 0 amide bonds. The molecule has 3 heteroatoms. The lowest BCUT2D eigenvalue weighted by Crippen LogP contribution is -2.14. The van der Waals surface area contributed by atoms with Crippen LogP contribution in [0.25, 0.3) is 11.4 Å². The highest BCUT2D eigenvalue weighted by Gasteiger charge is 2.06. The molecule has 1 atom stereocenters. The summed E-state index contributed by atoms with van der Waals surface area (Å²) in [5, 5.41) is 0. The summed E-state index contributed by atoms with van der Waals surface area (Å²) in [6.45, 7) is 1.94. The average molecular weight is 187 g/mol. The van der Waals surface area contributed by atoms with Gasteiger partial charge in [-0.25, -0.2) is 4.98 Å². The van der Waals surface area contributed by atoms with E-state index in [1.165, 1.54) is 0 Å². The third-order valence-corrected chi connectivity index (χ3v) is 2.14. The molecule has 1 aromatic carbocycles. The van der Waals surface area contributed by atoms with Crippen molar-refractivity contribution in [1.82, 2.24) is 9.55 Å². The normalized spacial score (nSPS) is 12.7. The SMILES string of the molecule is CC(N)n1ccnc1-c1ccccc1. The van der Waals surface area contributed by atoms with Gasteiger partial charge in [0.2, 0.25) is 0 Å². The number of hydrogen-bond donors (Lipinski definition) is 1. The van der Waals surface area contributed by atoms with Gasteiger partial charge in [0, 0.05) is 18.0 Å². The first-order valence-electron chi connectivity index (χ1n) is 4.63. The van der Waals surface area contributed by atoms with Crippen LogP contribution < -0.4 is 5.73 Å². The molecule has 2 aromatic rings. The maximum absolute atomic E-state index is 5.82. The highest BCUT2D eigenvalue weighted by Crippen LogP contribution is 2.18. The Morgan fingerprint density at radius 3 is 2.64 bits per heavy atom. The van der Waals surface area contributed by atoms with Gasteiger partial charge in [0.25, 0.3) is 0 Å². The van der Waals surface area contributed by atoms with E-state index in [1.807, 2.05) is 48.0 Å². The number of aromatic nitrogens is 2. The van der Waals surface area contributed by atoms with E-state index >= 15 is 0 Å². The van der Waals surface area contributed by atoms with Gasteiger partial charge in [0.05, 0.1) is 6.17 Å². The first kappa shape index (κ1) is 8.97.